The van der Waals surface area contributed by atoms with Crippen LogP contribution in [0, 0.1) is 0 Å². The number of carbonyl (C=O) groups is 1. The Balaban J connectivity index is 2.61. The van der Waals surface area contributed by atoms with Gasteiger partial charge in [0.05, 0.1) is 11.4 Å². The number of aromatic hydroxyl groups is 1. The molecule has 88 valence electrons. The fourth-order valence-electron chi connectivity index (χ4n) is 1.52. The van der Waals surface area contributed by atoms with Gasteiger partial charge in [-0.1, -0.05) is 11.6 Å². The minimum atomic E-state index is -0.00220. The molecule has 0 saturated heterocycles. The van der Waals surface area contributed by atoms with Gasteiger partial charge in [0.1, 0.15) is 0 Å². The molecule has 1 N–H and O–H groups in total. The van der Waals surface area contributed by atoms with E-state index in [0.29, 0.717) is 15.5 Å². The van der Waals surface area contributed by atoms with Crippen molar-refractivity contribution in [3.05, 3.63) is 34.2 Å². The first kappa shape index (κ1) is 12.0. The number of ether oxygens (including phenoxy) is 1. The van der Waals surface area contributed by atoms with E-state index in [2.05, 4.69) is 0 Å². The number of phenolic OH excluding ortho intramolecular Hbond substituents is 1. The Kier molecular flexibility index (Phi) is 3.36. The summed E-state index contributed by atoms with van der Waals surface area (Å²) in [5, 5.41) is 9.71. The molecule has 0 radical (unpaired) electrons. The van der Waals surface area contributed by atoms with Crippen molar-refractivity contribution in [2.75, 3.05) is 7.11 Å². The lowest BCUT2D eigenvalue weighted by Gasteiger charge is -2.08. The Morgan fingerprint density at radius 3 is 2.71 bits per heavy atom. The molecule has 0 unspecified atom stereocenters. The molecule has 0 atom stereocenters. The number of aldehydes is 1. The molecule has 2 aromatic rings. The highest BCUT2D eigenvalue weighted by molar-refractivity contribution is 7.19. The van der Waals surface area contributed by atoms with E-state index in [4.69, 9.17) is 16.3 Å². The maximum atomic E-state index is 11.0. The minimum absolute atomic E-state index is 0.00220. The van der Waals surface area contributed by atoms with Gasteiger partial charge in [-0.05, 0) is 24.3 Å². The predicted octanol–water partition coefficient (Wildman–Crippen LogP) is 3.60. The van der Waals surface area contributed by atoms with Crippen molar-refractivity contribution >= 4 is 29.2 Å². The summed E-state index contributed by atoms with van der Waals surface area (Å²) in [7, 11) is 1.44. The summed E-state index contributed by atoms with van der Waals surface area (Å²) < 4.78 is 5.58. The van der Waals surface area contributed by atoms with E-state index >= 15 is 0 Å². The number of hydrogen-bond donors (Lipinski definition) is 1. The van der Waals surface area contributed by atoms with Crippen molar-refractivity contribution < 1.29 is 14.6 Å². The smallest absolute Gasteiger partial charge is 0.161 e. The lowest BCUT2D eigenvalue weighted by atomic mass is 10.1. The minimum Gasteiger partial charge on any atom is -0.504 e. The number of benzene rings is 1. The lowest BCUT2D eigenvalue weighted by Crippen LogP contribution is -1.90. The molecule has 1 aromatic heterocycles. The van der Waals surface area contributed by atoms with Crippen LogP contribution >= 0.6 is 22.9 Å². The molecule has 0 saturated carbocycles. The summed E-state index contributed by atoms with van der Waals surface area (Å²) in [5.41, 5.74) is 1.10. The molecule has 2 rings (SSSR count). The third-order valence-corrected chi connectivity index (χ3v) is 3.58. The van der Waals surface area contributed by atoms with Crippen LogP contribution < -0.4 is 4.74 Å². The molecular weight excluding hydrogens is 260 g/mol. The molecule has 0 aliphatic heterocycles. The predicted molar refractivity (Wildman–Crippen MR) is 68.4 cm³/mol. The zero-order valence-electron chi connectivity index (χ0n) is 8.94. The Hall–Kier alpha value is -1.52. The molecule has 0 fully saturated rings. The van der Waals surface area contributed by atoms with E-state index in [1.165, 1.54) is 30.6 Å². The Morgan fingerprint density at radius 1 is 1.41 bits per heavy atom. The summed E-state index contributed by atoms with van der Waals surface area (Å²) in [6, 6.07) is 6.56. The highest BCUT2D eigenvalue weighted by atomic mass is 35.5. The molecular formula is C12H9ClO3S. The Bertz CT molecular complexity index is 563. The molecule has 1 heterocycles. The van der Waals surface area contributed by atoms with Gasteiger partial charge in [0, 0.05) is 16.0 Å². The molecule has 3 nitrogen and oxygen atoms in total. The first-order valence-electron chi connectivity index (χ1n) is 4.77. The van der Waals surface area contributed by atoms with Crippen LogP contribution in [0.5, 0.6) is 11.5 Å². The van der Waals surface area contributed by atoms with E-state index in [-0.39, 0.29) is 11.5 Å². The number of hydrogen-bond acceptors (Lipinski definition) is 4. The molecule has 0 spiro atoms. The fraction of sp³-hybridized carbons (Fsp3) is 0.0833. The van der Waals surface area contributed by atoms with Crippen molar-refractivity contribution in [3.63, 3.8) is 0 Å². The van der Waals surface area contributed by atoms with Gasteiger partial charge in [0.15, 0.2) is 17.8 Å². The highest BCUT2D eigenvalue weighted by Crippen LogP contribution is 2.38. The first-order chi connectivity index (χ1) is 8.15. The number of phenols is 1. The molecule has 0 bridgehead atoms. The normalized spacial score (nSPS) is 10.2. The van der Waals surface area contributed by atoms with Crippen molar-refractivity contribution in [2.24, 2.45) is 0 Å². The second-order valence-corrected chi connectivity index (χ2v) is 5.05. The van der Waals surface area contributed by atoms with Crippen LogP contribution in [0.25, 0.3) is 10.4 Å². The number of halogens is 1. The van der Waals surface area contributed by atoms with Gasteiger partial charge >= 0.3 is 0 Å². The van der Waals surface area contributed by atoms with Gasteiger partial charge in [0.2, 0.25) is 0 Å². The Labute approximate surface area is 107 Å². The van der Waals surface area contributed by atoms with Crippen molar-refractivity contribution in [1.29, 1.82) is 0 Å². The summed E-state index contributed by atoms with van der Waals surface area (Å²) in [6.45, 7) is 0. The van der Waals surface area contributed by atoms with Crippen molar-refractivity contribution in [1.82, 2.24) is 0 Å². The monoisotopic (exact) mass is 268 g/mol. The molecule has 1 aromatic carbocycles. The van der Waals surface area contributed by atoms with Crippen LogP contribution in [0.15, 0.2) is 24.3 Å². The number of methoxy groups -OCH3 is 1. The largest absolute Gasteiger partial charge is 0.504 e. The van der Waals surface area contributed by atoms with Crippen molar-refractivity contribution in [3.8, 4) is 21.9 Å². The first-order valence-corrected chi connectivity index (χ1v) is 5.97. The lowest BCUT2D eigenvalue weighted by molar-refractivity contribution is 0.112. The maximum Gasteiger partial charge on any atom is 0.161 e. The van der Waals surface area contributed by atoms with Gasteiger partial charge < -0.3 is 9.84 Å². The van der Waals surface area contributed by atoms with E-state index in [1.807, 2.05) is 0 Å². The average molecular weight is 269 g/mol. The highest BCUT2D eigenvalue weighted by Gasteiger charge is 2.12. The van der Waals surface area contributed by atoms with Crippen LogP contribution in [-0.2, 0) is 0 Å². The van der Waals surface area contributed by atoms with Gasteiger partial charge in [-0.15, -0.1) is 11.3 Å². The maximum absolute atomic E-state index is 11.0. The summed E-state index contributed by atoms with van der Waals surface area (Å²) in [4.78, 5) is 11.9. The molecule has 0 aliphatic carbocycles. The topological polar surface area (TPSA) is 46.5 Å². The average Bonchev–Trinajstić information content (AvgIpc) is 2.75. The number of rotatable bonds is 3. The van der Waals surface area contributed by atoms with Crippen LogP contribution in [0.3, 0.4) is 0 Å². The number of carbonyl (C=O) groups excluding carboxylic acids is 1. The second kappa shape index (κ2) is 4.77. The fourth-order valence-corrected chi connectivity index (χ4v) is 2.60. The third kappa shape index (κ3) is 2.28. The molecule has 17 heavy (non-hydrogen) atoms. The third-order valence-electron chi connectivity index (χ3n) is 2.32. The van der Waals surface area contributed by atoms with Gasteiger partial charge in [-0.3, -0.25) is 4.79 Å². The van der Waals surface area contributed by atoms with Crippen LogP contribution in [-0.4, -0.2) is 18.5 Å². The summed E-state index contributed by atoms with van der Waals surface area (Å²) in [6.07, 6.45) is 0.727. The van der Waals surface area contributed by atoms with Crippen LogP contribution in [0.2, 0.25) is 4.34 Å². The molecule has 0 aliphatic rings. The van der Waals surface area contributed by atoms with Gasteiger partial charge in [-0.2, -0.15) is 0 Å². The van der Waals surface area contributed by atoms with E-state index < -0.39 is 0 Å². The quantitative estimate of drug-likeness (QED) is 0.865. The summed E-state index contributed by atoms with van der Waals surface area (Å²) in [5.74, 6) is 0.274. The Morgan fingerprint density at radius 2 is 2.18 bits per heavy atom. The SMILES string of the molecule is COc1cc(C=O)c(-c2ccc(Cl)s2)cc1O. The van der Waals surface area contributed by atoms with Crippen molar-refractivity contribution in [2.45, 2.75) is 0 Å². The zero-order chi connectivity index (χ0) is 12.4. The standard InChI is InChI=1S/C12H9ClO3S/c1-16-10-4-7(6-14)8(5-9(10)15)11-2-3-12(13)17-11/h2-6,15H,1H3. The van der Waals surface area contributed by atoms with Gasteiger partial charge in [0.25, 0.3) is 0 Å². The molecule has 5 heteroatoms. The van der Waals surface area contributed by atoms with E-state index in [0.717, 1.165) is 11.2 Å². The van der Waals surface area contributed by atoms with Gasteiger partial charge in [-0.25, -0.2) is 0 Å². The van der Waals surface area contributed by atoms with Crippen LogP contribution in [0.1, 0.15) is 10.4 Å². The van der Waals surface area contributed by atoms with E-state index in [1.54, 1.807) is 12.1 Å². The zero-order valence-corrected chi connectivity index (χ0v) is 10.5. The van der Waals surface area contributed by atoms with E-state index in [9.17, 15) is 9.90 Å². The summed E-state index contributed by atoms with van der Waals surface area (Å²) >= 11 is 7.19. The number of thiophene rings is 1. The molecule has 0 amide bonds. The van der Waals surface area contributed by atoms with Crippen LogP contribution in [0.4, 0.5) is 0 Å². The second-order valence-electron chi connectivity index (χ2n) is 3.33.